The van der Waals surface area contributed by atoms with Gasteiger partial charge in [0.25, 0.3) is 0 Å². The number of hydrogen-bond donors (Lipinski definition) is 0. The van der Waals surface area contributed by atoms with Crippen LogP contribution in [0.3, 0.4) is 0 Å². The Hall–Kier alpha value is -1.19. The largest absolute Gasteiger partial charge is 1.00 e. The molecule has 5 rings (SSSR count). The monoisotopic (exact) mass is 699 g/mol. The van der Waals surface area contributed by atoms with Crippen LogP contribution in [0.5, 0.6) is 0 Å². The quantitative estimate of drug-likeness (QED) is 0.213. The minimum absolute atomic E-state index is 0. The van der Waals surface area contributed by atoms with E-state index in [-0.39, 0.29) is 24.8 Å². The van der Waals surface area contributed by atoms with Crippen LogP contribution in [0.4, 0.5) is 0 Å². The molecule has 0 heterocycles. The topological polar surface area (TPSA) is 0 Å². The Balaban J connectivity index is 0.00000180. The molecule has 0 nitrogen and oxygen atoms in total. The molecule has 0 saturated carbocycles. The van der Waals surface area contributed by atoms with Crippen LogP contribution in [-0.4, -0.2) is 5.98 Å². The summed E-state index contributed by atoms with van der Waals surface area (Å²) in [6.07, 6.45) is 18.6. The molecule has 36 heavy (non-hydrogen) atoms. The van der Waals surface area contributed by atoms with Gasteiger partial charge in [0, 0.05) is 0 Å². The molecular weight excluding hydrogens is 662 g/mol. The molecule has 0 aliphatic heterocycles. The summed E-state index contributed by atoms with van der Waals surface area (Å²) in [5, 5.41) is 1.74. The molecule has 3 aromatic carbocycles. The first kappa shape index (κ1) is 29.4. The van der Waals surface area contributed by atoms with Gasteiger partial charge in [-0.05, 0) is 0 Å². The fourth-order valence-electron chi connectivity index (χ4n) is 6.05. The second kappa shape index (κ2) is 14.7. The number of fused-ring (bicyclic) bond motifs is 2. The smallest absolute Gasteiger partial charge is 1.00 e. The first-order valence-electron chi connectivity index (χ1n) is 13.3. The van der Waals surface area contributed by atoms with Crippen molar-refractivity contribution in [3.63, 3.8) is 0 Å². The van der Waals surface area contributed by atoms with Crippen molar-refractivity contribution in [2.75, 3.05) is 0 Å². The fraction of sp³-hybridized carbons (Fsp3) is 0.312. The summed E-state index contributed by atoms with van der Waals surface area (Å²) in [5.41, 5.74) is 6.23. The van der Waals surface area contributed by atoms with E-state index in [1.54, 1.807) is 16.3 Å². The molecule has 187 valence electrons. The molecule has 0 amide bonds. The number of benzene rings is 3. The predicted molar refractivity (Wildman–Crippen MR) is 148 cm³/mol. The van der Waals surface area contributed by atoms with Crippen molar-refractivity contribution < 1.29 is 45.4 Å². The zero-order valence-electron chi connectivity index (χ0n) is 21.3. The normalized spacial score (nSPS) is 17.6. The second-order valence-corrected chi connectivity index (χ2v) is 33.3. The third-order valence-corrected chi connectivity index (χ3v) is 40.8. The minimum Gasteiger partial charge on any atom is -1.00 e. The SMILES string of the molecule is CCCCCCCC[SiH](c1ccccc1)[Hf+2]([CH]1C=Cc2ccccc21)[CH]1C=Cc2ccccc21.[Cl-].[Cl-]. The Morgan fingerprint density at radius 3 is 1.69 bits per heavy atom. The van der Waals surface area contributed by atoms with Gasteiger partial charge in [0.1, 0.15) is 0 Å². The van der Waals surface area contributed by atoms with Crippen LogP contribution >= 0.6 is 0 Å². The van der Waals surface area contributed by atoms with E-state index in [1.807, 2.05) is 0 Å². The van der Waals surface area contributed by atoms with Crippen molar-refractivity contribution in [2.45, 2.75) is 58.8 Å². The van der Waals surface area contributed by atoms with Gasteiger partial charge < -0.3 is 24.8 Å². The molecule has 0 N–H and O–H groups in total. The third-order valence-electron chi connectivity index (χ3n) is 7.77. The maximum Gasteiger partial charge on any atom is -1.00 e. The Morgan fingerprint density at radius 1 is 0.611 bits per heavy atom. The van der Waals surface area contributed by atoms with Crippen LogP contribution < -0.4 is 30.0 Å². The van der Waals surface area contributed by atoms with Crippen LogP contribution in [0.2, 0.25) is 6.04 Å². The van der Waals surface area contributed by atoms with Gasteiger partial charge in [-0.25, -0.2) is 0 Å². The number of halogens is 2. The van der Waals surface area contributed by atoms with Crippen molar-refractivity contribution in [1.29, 1.82) is 0 Å². The zero-order chi connectivity index (χ0) is 23.2. The van der Waals surface area contributed by atoms with Gasteiger partial charge in [-0.1, -0.05) is 0 Å². The first-order chi connectivity index (χ1) is 16.9. The van der Waals surface area contributed by atoms with E-state index in [1.165, 1.54) is 55.7 Å². The summed E-state index contributed by atoms with van der Waals surface area (Å²) < 4.78 is 1.44. The minimum atomic E-state index is -2.27. The molecule has 0 fully saturated rings. The van der Waals surface area contributed by atoms with E-state index in [0.717, 1.165) is 7.35 Å². The van der Waals surface area contributed by atoms with Gasteiger partial charge >= 0.3 is 216 Å². The Kier molecular flexibility index (Phi) is 12.0. The van der Waals surface area contributed by atoms with Crippen molar-refractivity contribution in [2.24, 2.45) is 0 Å². The second-order valence-electron chi connectivity index (χ2n) is 9.95. The van der Waals surface area contributed by atoms with Crippen molar-refractivity contribution in [3.05, 3.63) is 113 Å². The number of allylic oxidation sites excluding steroid dienone is 2. The van der Waals surface area contributed by atoms with Crippen molar-refractivity contribution >= 4 is 23.3 Å². The third kappa shape index (κ3) is 6.62. The van der Waals surface area contributed by atoms with Gasteiger partial charge in [-0.2, -0.15) is 0 Å². The van der Waals surface area contributed by atoms with Crippen molar-refractivity contribution in [3.8, 4) is 0 Å². The summed E-state index contributed by atoms with van der Waals surface area (Å²) in [7, 11) is 0. The zero-order valence-corrected chi connectivity index (χ0v) is 27.5. The Morgan fingerprint density at radius 2 is 1.11 bits per heavy atom. The van der Waals surface area contributed by atoms with E-state index in [9.17, 15) is 0 Å². The van der Waals surface area contributed by atoms with Gasteiger partial charge in [0.15, 0.2) is 0 Å². The molecule has 3 aromatic rings. The maximum atomic E-state index is 2.63. The summed E-state index contributed by atoms with van der Waals surface area (Å²) in [5.74, 6) is -1.08. The van der Waals surface area contributed by atoms with Gasteiger partial charge in [-0.15, -0.1) is 0 Å². The van der Waals surface area contributed by atoms with Crippen molar-refractivity contribution in [1.82, 2.24) is 0 Å². The predicted octanol–water partition coefficient (Wildman–Crippen LogP) is 2.14. The Labute approximate surface area is 239 Å². The van der Waals surface area contributed by atoms with E-state index < -0.39 is 26.6 Å². The van der Waals surface area contributed by atoms with E-state index in [4.69, 9.17) is 0 Å². The average Bonchev–Trinajstić information content (AvgIpc) is 3.51. The number of unbranched alkanes of at least 4 members (excludes halogenated alkanes) is 5. The number of rotatable bonds is 11. The average molecular weight is 699 g/mol. The standard InChI is InChI=1S/C14H23Si.2C9H7.2ClH.Hf/c1-2-3-4-5-6-10-13-15-14-11-8-7-9-12-14;2*1-2-5-9-7-3-6-8(9)4-1;;;/h7-9,11-12,15H,2-6,10,13H2,1H3;2*1-7H;2*1H;/q;;;;;+2/p-2. The maximum absolute atomic E-state index is 2.63. The van der Waals surface area contributed by atoms with Gasteiger partial charge in [0.05, 0.1) is 0 Å². The molecule has 3 unspecified atom stereocenters. The summed E-state index contributed by atoms with van der Waals surface area (Å²) in [4.78, 5) is 0. The molecule has 2 aliphatic rings. The van der Waals surface area contributed by atoms with Crippen LogP contribution in [0, 0.1) is 0 Å². The summed E-state index contributed by atoms with van der Waals surface area (Å²) in [6.45, 7) is 2.32. The molecule has 0 saturated heterocycles. The molecule has 3 atom stereocenters. The first-order valence-corrected chi connectivity index (χ1v) is 25.7. The van der Waals surface area contributed by atoms with E-state index >= 15 is 0 Å². The van der Waals surface area contributed by atoms with Crippen LogP contribution in [0.25, 0.3) is 12.2 Å². The van der Waals surface area contributed by atoms with Gasteiger partial charge in [-0.3, -0.25) is 0 Å². The number of hydrogen-bond acceptors (Lipinski definition) is 0. The van der Waals surface area contributed by atoms with E-state index in [2.05, 4.69) is 110 Å². The summed E-state index contributed by atoms with van der Waals surface area (Å²) >= 11 is -2.27. The van der Waals surface area contributed by atoms with Crippen LogP contribution in [-0.2, 0) is 20.6 Å². The van der Waals surface area contributed by atoms with E-state index in [0.29, 0.717) is 0 Å². The molecule has 0 radical (unpaired) electrons. The molecule has 0 aromatic heterocycles. The molecule has 0 bridgehead atoms. The fourth-order valence-corrected chi connectivity index (χ4v) is 43.6. The van der Waals surface area contributed by atoms with Gasteiger partial charge in [0.2, 0.25) is 0 Å². The molecule has 0 spiro atoms. The summed E-state index contributed by atoms with van der Waals surface area (Å²) in [6, 6.07) is 31.8. The molecule has 2 aliphatic carbocycles. The molecule has 4 heteroatoms. The van der Waals surface area contributed by atoms with Crippen LogP contribution in [0.15, 0.2) is 91.0 Å². The molecular formula is C32H37Cl2HfSi. The Bertz CT molecular complexity index is 1080. The van der Waals surface area contributed by atoms with Crippen LogP contribution in [0.1, 0.15) is 75.1 Å².